The van der Waals surface area contributed by atoms with E-state index >= 15 is 0 Å². The topological polar surface area (TPSA) is 3.24 Å². The molecule has 1 heterocycles. The summed E-state index contributed by atoms with van der Waals surface area (Å²) in [6.45, 7) is -0.536. The van der Waals surface area contributed by atoms with Crippen molar-refractivity contribution in [1.29, 1.82) is 0 Å². The summed E-state index contributed by atoms with van der Waals surface area (Å²) in [5.41, 5.74) is -0.396. The molecule has 1 aromatic rings. The molecule has 5 heteroatoms. The summed E-state index contributed by atoms with van der Waals surface area (Å²) in [4.78, 5) is 1.21. The molecule has 0 N–H and O–H groups in total. The Labute approximate surface area is 77.9 Å². The zero-order valence-corrected chi connectivity index (χ0v) is 7.32. The summed E-state index contributed by atoms with van der Waals surface area (Å²) in [6.07, 6.45) is 0. The van der Waals surface area contributed by atoms with Crippen LogP contribution in [0.5, 0.6) is 0 Å². The summed E-state index contributed by atoms with van der Waals surface area (Å²) in [7, 11) is 1.41. The van der Waals surface area contributed by atoms with Crippen molar-refractivity contribution >= 4 is 5.69 Å². The molecule has 0 bridgehead atoms. The molecule has 0 saturated carbocycles. The van der Waals surface area contributed by atoms with E-state index in [2.05, 4.69) is 0 Å². The Bertz CT molecular complexity index is 389. The third-order valence-electron chi connectivity index (χ3n) is 2.28. The number of likely N-dealkylation sites (N-methyl/N-ethyl adjacent to an activating group) is 1. The number of halogens is 4. The highest BCUT2D eigenvalue weighted by atomic mass is 19.3. The van der Waals surface area contributed by atoms with Gasteiger partial charge >= 0.3 is 0 Å². The van der Waals surface area contributed by atoms with Crippen molar-refractivity contribution in [2.75, 3.05) is 18.5 Å². The lowest BCUT2D eigenvalue weighted by atomic mass is 10.1. The van der Waals surface area contributed by atoms with E-state index in [1.54, 1.807) is 0 Å². The quantitative estimate of drug-likeness (QED) is 0.588. The molecule has 0 amide bonds. The van der Waals surface area contributed by atoms with Crippen LogP contribution in [-0.2, 0) is 5.92 Å². The van der Waals surface area contributed by atoms with Crippen LogP contribution in [0.3, 0.4) is 0 Å². The van der Waals surface area contributed by atoms with Crippen LogP contribution in [0.25, 0.3) is 0 Å². The lowest BCUT2D eigenvalue weighted by Gasteiger charge is -2.11. The van der Waals surface area contributed by atoms with Crippen molar-refractivity contribution in [3.8, 4) is 0 Å². The van der Waals surface area contributed by atoms with Gasteiger partial charge in [-0.05, 0) is 6.07 Å². The minimum atomic E-state index is -3.10. The number of fused-ring (bicyclic) bond motifs is 1. The number of anilines is 1. The monoisotopic (exact) mass is 205 g/mol. The molecule has 0 aliphatic carbocycles. The Hall–Kier alpha value is -1.26. The zero-order valence-electron chi connectivity index (χ0n) is 7.32. The van der Waals surface area contributed by atoms with E-state index in [9.17, 15) is 17.6 Å². The maximum absolute atomic E-state index is 13.2. The fourth-order valence-electron chi connectivity index (χ4n) is 1.61. The molecule has 0 unspecified atom stereocenters. The summed E-state index contributed by atoms with van der Waals surface area (Å²) < 4.78 is 51.8. The summed E-state index contributed by atoms with van der Waals surface area (Å²) in [5, 5.41) is 0. The molecule has 0 spiro atoms. The van der Waals surface area contributed by atoms with Crippen LogP contribution in [0, 0.1) is 11.6 Å². The van der Waals surface area contributed by atoms with Crippen molar-refractivity contribution < 1.29 is 17.6 Å². The zero-order chi connectivity index (χ0) is 10.5. The molecule has 0 radical (unpaired) electrons. The number of benzene rings is 1. The average molecular weight is 205 g/mol. The van der Waals surface area contributed by atoms with Crippen LogP contribution >= 0.6 is 0 Å². The predicted octanol–water partition coefficient (Wildman–Crippen LogP) is 2.51. The lowest BCUT2D eigenvalue weighted by molar-refractivity contribution is 0.0145. The van der Waals surface area contributed by atoms with E-state index in [0.29, 0.717) is 6.07 Å². The van der Waals surface area contributed by atoms with Crippen LogP contribution in [0.2, 0.25) is 0 Å². The van der Waals surface area contributed by atoms with E-state index in [1.807, 2.05) is 0 Å². The molecule has 0 atom stereocenters. The molecule has 14 heavy (non-hydrogen) atoms. The Kier molecular flexibility index (Phi) is 1.74. The second-order valence-electron chi connectivity index (χ2n) is 3.34. The normalized spacial score (nSPS) is 18.5. The molecule has 2 rings (SSSR count). The van der Waals surface area contributed by atoms with E-state index < -0.39 is 29.7 Å². The van der Waals surface area contributed by atoms with Gasteiger partial charge in [0, 0.05) is 24.4 Å². The van der Waals surface area contributed by atoms with Gasteiger partial charge in [0.05, 0.1) is 6.54 Å². The summed E-state index contributed by atoms with van der Waals surface area (Å²) in [6, 6.07) is 1.36. The minimum absolute atomic E-state index is 0.0499. The Morgan fingerprint density at radius 1 is 1.21 bits per heavy atom. The third-order valence-corrected chi connectivity index (χ3v) is 2.28. The highest BCUT2D eigenvalue weighted by molar-refractivity contribution is 5.60. The smallest absolute Gasteiger partial charge is 0.292 e. The number of alkyl halides is 2. The molecule has 0 saturated heterocycles. The van der Waals surface area contributed by atoms with Crippen LogP contribution < -0.4 is 4.90 Å². The Morgan fingerprint density at radius 3 is 2.43 bits per heavy atom. The van der Waals surface area contributed by atoms with Gasteiger partial charge in [0.2, 0.25) is 0 Å². The van der Waals surface area contributed by atoms with E-state index in [-0.39, 0.29) is 5.69 Å². The van der Waals surface area contributed by atoms with Gasteiger partial charge in [0.1, 0.15) is 0 Å². The van der Waals surface area contributed by atoms with Crippen LogP contribution in [-0.4, -0.2) is 13.6 Å². The SMILES string of the molecule is CN1CC(F)(F)c2cc(F)c(F)cc21. The van der Waals surface area contributed by atoms with Crippen molar-refractivity contribution in [2.24, 2.45) is 0 Å². The average Bonchev–Trinajstić information content (AvgIpc) is 2.26. The standard InChI is InChI=1S/C9H7F4N/c1-14-4-9(12,13)5-2-6(10)7(11)3-8(5)14/h2-3H,4H2,1H3. The first-order valence-electron chi connectivity index (χ1n) is 4.00. The summed E-state index contributed by atoms with van der Waals surface area (Å²) in [5.74, 6) is -5.44. The van der Waals surface area contributed by atoms with Gasteiger partial charge in [0.15, 0.2) is 11.6 Å². The number of hydrogen-bond donors (Lipinski definition) is 0. The fourth-order valence-corrected chi connectivity index (χ4v) is 1.61. The molecule has 0 aromatic heterocycles. The van der Waals surface area contributed by atoms with E-state index in [1.165, 1.54) is 11.9 Å². The third kappa shape index (κ3) is 1.15. The van der Waals surface area contributed by atoms with Crippen molar-refractivity contribution in [3.63, 3.8) is 0 Å². The number of nitrogens with zero attached hydrogens (tertiary/aromatic N) is 1. The van der Waals surface area contributed by atoms with E-state index in [4.69, 9.17) is 0 Å². The highest BCUT2D eigenvalue weighted by Crippen LogP contribution is 2.42. The molecular formula is C9H7F4N. The van der Waals surface area contributed by atoms with Gasteiger partial charge in [-0.1, -0.05) is 0 Å². The van der Waals surface area contributed by atoms with Crippen molar-refractivity contribution in [1.82, 2.24) is 0 Å². The lowest BCUT2D eigenvalue weighted by Crippen LogP contribution is -2.22. The van der Waals surface area contributed by atoms with Crippen molar-refractivity contribution in [2.45, 2.75) is 5.92 Å². The minimum Gasteiger partial charge on any atom is -0.368 e. The summed E-state index contributed by atoms with van der Waals surface area (Å²) >= 11 is 0. The first-order chi connectivity index (χ1) is 6.42. The number of hydrogen-bond acceptors (Lipinski definition) is 1. The predicted molar refractivity (Wildman–Crippen MR) is 43.5 cm³/mol. The molecule has 1 aliphatic rings. The molecule has 0 fully saturated rings. The van der Waals surface area contributed by atoms with Gasteiger partial charge in [-0.15, -0.1) is 0 Å². The molecular weight excluding hydrogens is 198 g/mol. The van der Waals surface area contributed by atoms with Crippen LogP contribution in [0.1, 0.15) is 5.56 Å². The van der Waals surface area contributed by atoms with Gasteiger partial charge in [-0.2, -0.15) is 8.78 Å². The highest BCUT2D eigenvalue weighted by Gasteiger charge is 2.43. The van der Waals surface area contributed by atoms with Gasteiger partial charge in [-0.3, -0.25) is 0 Å². The largest absolute Gasteiger partial charge is 0.368 e. The molecule has 1 aliphatic heterocycles. The van der Waals surface area contributed by atoms with Crippen LogP contribution in [0.15, 0.2) is 12.1 Å². The van der Waals surface area contributed by atoms with Crippen LogP contribution in [0.4, 0.5) is 23.2 Å². The van der Waals surface area contributed by atoms with E-state index in [0.717, 1.165) is 6.07 Å². The molecule has 1 nitrogen and oxygen atoms in total. The second-order valence-corrected chi connectivity index (χ2v) is 3.34. The first kappa shape index (κ1) is 9.30. The molecule has 76 valence electrons. The molecule has 1 aromatic carbocycles. The van der Waals surface area contributed by atoms with Gasteiger partial charge < -0.3 is 4.90 Å². The maximum atomic E-state index is 13.2. The van der Waals surface area contributed by atoms with Gasteiger partial charge in [0.25, 0.3) is 5.92 Å². The Balaban J connectivity index is 2.64. The Morgan fingerprint density at radius 2 is 1.79 bits per heavy atom. The second kappa shape index (κ2) is 2.62. The first-order valence-corrected chi connectivity index (χ1v) is 4.00. The fraction of sp³-hybridized carbons (Fsp3) is 0.333. The van der Waals surface area contributed by atoms with Gasteiger partial charge in [-0.25, -0.2) is 8.78 Å². The number of rotatable bonds is 0. The maximum Gasteiger partial charge on any atom is 0.292 e. The van der Waals surface area contributed by atoms with Crippen molar-refractivity contribution in [3.05, 3.63) is 29.3 Å².